The molecule has 3 nitrogen and oxygen atoms in total. The predicted molar refractivity (Wildman–Crippen MR) is 137 cm³/mol. The summed E-state index contributed by atoms with van der Waals surface area (Å²) in [5.41, 5.74) is 6.15. The third kappa shape index (κ3) is 13.6. The molecular formula is C27H55N3. The maximum absolute atomic E-state index is 5.97. The molecule has 0 radical (unpaired) electrons. The van der Waals surface area contributed by atoms with Crippen LogP contribution in [0.25, 0.3) is 0 Å². The Labute approximate surface area is 189 Å². The monoisotopic (exact) mass is 421 g/mol. The molecule has 0 aliphatic carbocycles. The summed E-state index contributed by atoms with van der Waals surface area (Å²) >= 11 is 0. The van der Waals surface area contributed by atoms with Gasteiger partial charge >= 0.3 is 0 Å². The summed E-state index contributed by atoms with van der Waals surface area (Å²) in [6.45, 7) is 18.1. The minimum atomic E-state index is 0.180. The molecule has 178 valence electrons. The van der Waals surface area contributed by atoms with Crippen LogP contribution < -0.4 is 16.4 Å². The van der Waals surface area contributed by atoms with Crippen molar-refractivity contribution >= 4 is 0 Å². The average molecular weight is 422 g/mol. The summed E-state index contributed by atoms with van der Waals surface area (Å²) in [5, 5.41) is 7.42. The van der Waals surface area contributed by atoms with E-state index in [1.54, 1.807) is 0 Å². The Morgan fingerprint density at radius 2 is 1.50 bits per heavy atom. The van der Waals surface area contributed by atoms with Crippen molar-refractivity contribution in [3.63, 3.8) is 0 Å². The molecule has 0 bridgehead atoms. The summed E-state index contributed by atoms with van der Waals surface area (Å²) in [5.74, 6) is 1.34. The Hall–Kier alpha value is -0.640. The van der Waals surface area contributed by atoms with Crippen LogP contribution in [-0.2, 0) is 0 Å². The molecule has 0 rings (SSSR count). The van der Waals surface area contributed by atoms with Crippen LogP contribution >= 0.6 is 0 Å². The Morgan fingerprint density at radius 1 is 0.867 bits per heavy atom. The quantitative estimate of drug-likeness (QED) is 0.163. The highest BCUT2D eigenvalue weighted by Crippen LogP contribution is 2.28. The fourth-order valence-corrected chi connectivity index (χ4v) is 4.16. The van der Waals surface area contributed by atoms with Crippen molar-refractivity contribution in [1.29, 1.82) is 0 Å². The molecule has 4 unspecified atom stereocenters. The Morgan fingerprint density at radius 3 is 2.03 bits per heavy atom. The minimum Gasteiger partial charge on any atom is -0.328 e. The van der Waals surface area contributed by atoms with E-state index in [-0.39, 0.29) is 5.54 Å². The lowest BCUT2D eigenvalue weighted by Gasteiger charge is -2.38. The van der Waals surface area contributed by atoms with Crippen LogP contribution in [0.4, 0.5) is 0 Å². The van der Waals surface area contributed by atoms with Crippen molar-refractivity contribution in [1.82, 2.24) is 10.6 Å². The van der Waals surface area contributed by atoms with Gasteiger partial charge in [0.2, 0.25) is 0 Å². The van der Waals surface area contributed by atoms with E-state index in [9.17, 15) is 0 Å². The number of allylic oxidation sites excluding steroid dienone is 2. The van der Waals surface area contributed by atoms with Gasteiger partial charge in [-0.25, -0.2) is 0 Å². The van der Waals surface area contributed by atoms with Crippen molar-refractivity contribution < 1.29 is 0 Å². The average Bonchev–Trinajstić information content (AvgIpc) is 2.72. The minimum absolute atomic E-state index is 0.180. The first kappa shape index (κ1) is 29.4. The molecule has 0 spiro atoms. The van der Waals surface area contributed by atoms with E-state index in [0.29, 0.717) is 23.9 Å². The molecule has 0 aliphatic heterocycles. The molecule has 0 aliphatic rings. The van der Waals surface area contributed by atoms with Crippen LogP contribution in [0.5, 0.6) is 0 Å². The normalized spacial score (nSPS) is 17.6. The summed E-state index contributed by atoms with van der Waals surface area (Å²) in [4.78, 5) is 0. The van der Waals surface area contributed by atoms with E-state index in [2.05, 4.69) is 83.4 Å². The van der Waals surface area contributed by atoms with Gasteiger partial charge in [0.25, 0.3) is 0 Å². The van der Waals surface area contributed by atoms with Crippen LogP contribution in [0.1, 0.15) is 106 Å². The van der Waals surface area contributed by atoms with Crippen LogP contribution in [0.15, 0.2) is 24.3 Å². The molecule has 4 atom stereocenters. The van der Waals surface area contributed by atoms with Gasteiger partial charge in [0.1, 0.15) is 0 Å². The smallest absolute Gasteiger partial charge is 0.0215 e. The second-order valence-electron chi connectivity index (χ2n) is 9.65. The third-order valence-electron chi connectivity index (χ3n) is 6.77. The highest BCUT2D eigenvalue weighted by atomic mass is 15.0. The van der Waals surface area contributed by atoms with Crippen molar-refractivity contribution in [3.05, 3.63) is 24.3 Å². The van der Waals surface area contributed by atoms with Crippen LogP contribution in [-0.4, -0.2) is 30.7 Å². The molecule has 0 aromatic carbocycles. The van der Waals surface area contributed by atoms with E-state index in [1.165, 1.54) is 32.1 Å². The molecular weight excluding hydrogens is 366 g/mol. The number of unbranched alkanes of at least 4 members (excludes halogenated alkanes) is 2. The van der Waals surface area contributed by atoms with E-state index in [1.807, 2.05) is 0 Å². The standard InChI is InChI=1S/C27H55N3/c1-8-25(28)19-15-13-11-12-14-16-20-26(29-9-2)21-17-18-22-27(7,30-10-3)24(6)23(4)5/h11-12,17-18,23-26,29-30H,8-10,13-16,19-22,28H2,1-7H3. The summed E-state index contributed by atoms with van der Waals surface area (Å²) in [6.07, 6.45) is 20.1. The Kier molecular flexibility index (Phi) is 17.6. The number of nitrogens with one attached hydrogen (secondary N) is 2. The largest absolute Gasteiger partial charge is 0.328 e. The maximum Gasteiger partial charge on any atom is 0.0215 e. The SMILES string of the molecule is CCNC(CC=CCC(C)(NCC)C(C)C(C)C)CCCC=CCCCC(N)CC. The first-order valence-electron chi connectivity index (χ1n) is 12.8. The van der Waals surface area contributed by atoms with Gasteiger partial charge in [0, 0.05) is 17.6 Å². The van der Waals surface area contributed by atoms with Crippen molar-refractivity contribution in [2.75, 3.05) is 13.1 Å². The molecule has 30 heavy (non-hydrogen) atoms. The highest BCUT2D eigenvalue weighted by Gasteiger charge is 2.30. The predicted octanol–water partition coefficient (Wildman–Crippen LogP) is 6.60. The number of hydrogen-bond acceptors (Lipinski definition) is 3. The first-order valence-corrected chi connectivity index (χ1v) is 12.8. The topological polar surface area (TPSA) is 50.1 Å². The zero-order valence-electron chi connectivity index (χ0n) is 21.5. The van der Waals surface area contributed by atoms with Gasteiger partial charge in [-0.15, -0.1) is 0 Å². The van der Waals surface area contributed by atoms with Gasteiger partial charge in [0.15, 0.2) is 0 Å². The second-order valence-corrected chi connectivity index (χ2v) is 9.65. The first-order chi connectivity index (χ1) is 14.3. The molecule has 0 fully saturated rings. The maximum atomic E-state index is 5.97. The molecule has 0 heterocycles. The molecule has 0 saturated carbocycles. The van der Waals surface area contributed by atoms with Crippen LogP contribution in [0.2, 0.25) is 0 Å². The number of hydrogen-bond donors (Lipinski definition) is 3. The molecule has 0 aromatic heterocycles. The van der Waals surface area contributed by atoms with Crippen molar-refractivity contribution in [2.24, 2.45) is 17.6 Å². The van der Waals surface area contributed by atoms with Crippen LogP contribution in [0, 0.1) is 11.8 Å². The lowest BCUT2D eigenvalue weighted by atomic mass is 9.77. The number of rotatable bonds is 19. The number of nitrogens with two attached hydrogens (primary N) is 1. The zero-order chi connectivity index (χ0) is 22.8. The fourth-order valence-electron chi connectivity index (χ4n) is 4.16. The van der Waals surface area contributed by atoms with Crippen LogP contribution in [0.3, 0.4) is 0 Å². The van der Waals surface area contributed by atoms with E-state index < -0.39 is 0 Å². The van der Waals surface area contributed by atoms with Crippen molar-refractivity contribution in [3.8, 4) is 0 Å². The highest BCUT2D eigenvalue weighted by molar-refractivity contribution is 4.98. The summed E-state index contributed by atoms with van der Waals surface area (Å²) in [6, 6.07) is 0.978. The van der Waals surface area contributed by atoms with E-state index >= 15 is 0 Å². The van der Waals surface area contributed by atoms with Gasteiger partial charge in [-0.1, -0.05) is 65.8 Å². The fraction of sp³-hybridized carbons (Fsp3) is 0.852. The molecule has 4 N–H and O–H groups in total. The molecule has 0 amide bonds. The molecule has 0 aromatic rings. The summed E-state index contributed by atoms with van der Waals surface area (Å²) < 4.78 is 0. The Bertz CT molecular complexity index is 443. The van der Waals surface area contributed by atoms with Gasteiger partial charge in [-0.05, 0) is 89.6 Å². The Balaban J connectivity index is 4.29. The van der Waals surface area contributed by atoms with Crippen molar-refractivity contribution in [2.45, 2.75) is 124 Å². The van der Waals surface area contributed by atoms with Gasteiger partial charge < -0.3 is 16.4 Å². The third-order valence-corrected chi connectivity index (χ3v) is 6.77. The van der Waals surface area contributed by atoms with E-state index in [4.69, 9.17) is 5.73 Å². The second kappa shape index (κ2) is 18.0. The molecule has 0 saturated heterocycles. The lowest BCUT2D eigenvalue weighted by molar-refractivity contribution is 0.198. The van der Waals surface area contributed by atoms with E-state index in [0.717, 1.165) is 38.8 Å². The molecule has 3 heteroatoms. The van der Waals surface area contributed by atoms with Gasteiger partial charge in [-0.3, -0.25) is 0 Å². The summed E-state index contributed by atoms with van der Waals surface area (Å²) in [7, 11) is 0. The zero-order valence-corrected chi connectivity index (χ0v) is 21.5. The lowest BCUT2D eigenvalue weighted by Crippen LogP contribution is -2.49. The van der Waals surface area contributed by atoms with Gasteiger partial charge in [0.05, 0.1) is 0 Å². The van der Waals surface area contributed by atoms with Gasteiger partial charge in [-0.2, -0.15) is 0 Å².